The zero-order valence-electron chi connectivity index (χ0n) is 25.0. The third-order valence-corrected chi connectivity index (χ3v) is 5.31. The van der Waals surface area contributed by atoms with E-state index in [1.807, 2.05) is 39.0 Å². The van der Waals surface area contributed by atoms with Crippen molar-refractivity contribution in [2.24, 2.45) is 10.9 Å². The van der Waals surface area contributed by atoms with Crippen molar-refractivity contribution in [1.29, 1.82) is 0 Å². The second-order valence-electron chi connectivity index (χ2n) is 9.29. The zero-order chi connectivity index (χ0) is 30.3. The quantitative estimate of drug-likeness (QED) is 0.100. The van der Waals surface area contributed by atoms with Gasteiger partial charge in [0.2, 0.25) is 11.8 Å². The molecule has 0 aromatic heterocycles. The molecule has 2 unspecified atom stereocenters. The number of hydrogen-bond acceptors (Lipinski definition) is 5. The molecule has 220 valence electrons. The highest BCUT2D eigenvalue weighted by atomic mass is 19.1. The van der Waals surface area contributed by atoms with Gasteiger partial charge < -0.3 is 26.0 Å². The second kappa shape index (κ2) is 22.8. The lowest BCUT2D eigenvalue weighted by atomic mass is 9.86. The molecule has 0 heterocycles. The van der Waals surface area contributed by atoms with Crippen molar-refractivity contribution in [3.8, 4) is 0 Å². The number of nitrogens with one attached hydrogen (secondary N) is 3. The minimum absolute atomic E-state index is 0.161. The van der Waals surface area contributed by atoms with Gasteiger partial charge in [0.1, 0.15) is 11.9 Å². The van der Waals surface area contributed by atoms with E-state index in [9.17, 15) is 19.1 Å². The van der Waals surface area contributed by atoms with Gasteiger partial charge >= 0.3 is 0 Å². The number of allylic oxidation sites excluding steroid dienone is 8. The van der Waals surface area contributed by atoms with Crippen LogP contribution in [0.15, 0.2) is 77.8 Å². The van der Waals surface area contributed by atoms with Gasteiger partial charge in [-0.25, -0.2) is 4.39 Å². The van der Waals surface area contributed by atoms with E-state index in [-0.39, 0.29) is 11.4 Å². The van der Waals surface area contributed by atoms with Crippen LogP contribution >= 0.6 is 0 Å². The van der Waals surface area contributed by atoms with Crippen LogP contribution in [0.4, 0.5) is 4.39 Å². The normalized spacial score (nSPS) is 16.7. The van der Waals surface area contributed by atoms with E-state index < -0.39 is 23.9 Å². The van der Waals surface area contributed by atoms with Crippen LogP contribution in [0, 0.1) is 5.92 Å². The van der Waals surface area contributed by atoms with Crippen LogP contribution in [-0.4, -0.2) is 54.9 Å². The number of hydrogen-bond donors (Lipinski definition) is 4. The van der Waals surface area contributed by atoms with Gasteiger partial charge in [0.15, 0.2) is 0 Å². The molecule has 0 fully saturated rings. The lowest BCUT2D eigenvalue weighted by molar-refractivity contribution is -0.126. The number of halogens is 1. The van der Waals surface area contributed by atoms with Crippen molar-refractivity contribution in [1.82, 2.24) is 16.0 Å². The molecule has 39 heavy (non-hydrogen) atoms. The van der Waals surface area contributed by atoms with E-state index in [0.29, 0.717) is 24.6 Å². The van der Waals surface area contributed by atoms with Crippen molar-refractivity contribution in [3.63, 3.8) is 0 Å². The SMILES string of the molecule is C=C/C=C\C(F)=C\C(=O)NC(CC)C(=O)NC1=CCC(CC(C)(C)NC[C@H](O)/C=C/CC)C=C1.C=NC.CC. The molecule has 0 aliphatic heterocycles. The van der Waals surface area contributed by atoms with E-state index in [4.69, 9.17) is 0 Å². The minimum Gasteiger partial charge on any atom is -0.388 e. The largest absolute Gasteiger partial charge is 0.388 e. The maximum absolute atomic E-state index is 13.6. The number of carbonyl (C=O) groups is 2. The second-order valence-corrected chi connectivity index (χ2v) is 9.29. The van der Waals surface area contributed by atoms with E-state index in [1.165, 1.54) is 12.2 Å². The number of carbonyl (C=O) groups excluding carboxylic acids is 2. The monoisotopic (exact) mass is 546 g/mol. The summed E-state index contributed by atoms with van der Waals surface area (Å²) in [5.74, 6) is -1.45. The molecule has 0 spiro atoms. The van der Waals surface area contributed by atoms with Gasteiger partial charge in [-0.3, -0.25) is 9.59 Å². The van der Waals surface area contributed by atoms with Crippen LogP contribution in [0.2, 0.25) is 0 Å². The molecule has 4 N–H and O–H groups in total. The number of aliphatic hydroxyl groups is 1. The Morgan fingerprint density at radius 1 is 1.31 bits per heavy atom. The molecule has 0 radical (unpaired) electrons. The van der Waals surface area contributed by atoms with E-state index in [1.54, 1.807) is 20.0 Å². The van der Waals surface area contributed by atoms with Gasteiger partial charge in [0.05, 0.1) is 6.10 Å². The Morgan fingerprint density at radius 2 is 1.95 bits per heavy atom. The zero-order valence-corrected chi connectivity index (χ0v) is 25.0. The van der Waals surface area contributed by atoms with Crippen molar-refractivity contribution < 1.29 is 19.1 Å². The minimum atomic E-state index is -0.775. The molecule has 7 nitrogen and oxygen atoms in total. The molecule has 0 aromatic rings. The Morgan fingerprint density at radius 3 is 2.46 bits per heavy atom. The van der Waals surface area contributed by atoms with Gasteiger partial charge in [-0.2, -0.15) is 0 Å². The highest BCUT2D eigenvalue weighted by Crippen LogP contribution is 2.25. The summed E-state index contributed by atoms with van der Waals surface area (Å²) in [6.45, 7) is 19.1. The predicted octanol–water partition coefficient (Wildman–Crippen LogP) is 5.48. The first-order valence-electron chi connectivity index (χ1n) is 13.6. The Balaban J connectivity index is 0. The average molecular weight is 547 g/mol. The maximum atomic E-state index is 13.6. The lowest BCUT2D eigenvalue weighted by Gasteiger charge is -2.31. The highest BCUT2D eigenvalue weighted by molar-refractivity contribution is 5.93. The molecule has 1 aliphatic carbocycles. The average Bonchev–Trinajstić information content (AvgIpc) is 2.90. The lowest BCUT2D eigenvalue weighted by Crippen LogP contribution is -2.46. The Kier molecular flexibility index (Phi) is 22.3. The van der Waals surface area contributed by atoms with Gasteiger partial charge in [-0.05, 0) is 64.3 Å². The first-order chi connectivity index (χ1) is 18.5. The summed E-state index contributed by atoms with van der Waals surface area (Å²) >= 11 is 0. The van der Waals surface area contributed by atoms with Crippen LogP contribution in [0.25, 0.3) is 0 Å². The van der Waals surface area contributed by atoms with Crippen LogP contribution in [-0.2, 0) is 9.59 Å². The summed E-state index contributed by atoms with van der Waals surface area (Å²) in [6.07, 6.45) is 16.7. The van der Waals surface area contributed by atoms with Crippen molar-refractivity contribution >= 4 is 18.5 Å². The van der Waals surface area contributed by atoms with Crippen LogP contribution in [0.5, 0.6) is 0 Å². The molecule has 2 amide bonds. The summed E-state index contributed by atoms with van der Waals surface area (Å²) in [5.41, 5.74) is 0.516. The Hall–Kier alpha value is -3.10. The number of amides is 2. The third kappa shape index (κ3) is 19.6. The van der Waals surface area contributed by atoms with Crippen molar-refractivity contribution in [3.05, 3.63) is 72.8 Å². The molecule has 0 aromatic carbocycles. The van der Waals surface area contributed by atoms with Gasteiger partial charge in [-0.15, -0.1) is 0 Å². The fourth-order valence-electron chi connectivity index (χ4n) is 3.51. The molecule has 3 atom stereocenters. The molecular formula is C31H51FN4O3. The summed E-state index contributed by atoms with van der Waals surface area (Å²) in [5, 5.41) is 18.8. The summed E-state index contributed by atoms with van der Waals surface area (Å²) < 4.78 is 13.6. The molecule has 8 heteroatoms. The van der Waals surface area contributed by atoms with Crippen molar-refractivity contribution in [2.45, 2.75) is 84.9 Å². The molecule has 0 saturated carbocycles. The first kappa shape index (κ1) is 38.0. The van der Waals surface area contributed by atoms with Crippen LogP contribution < -0.4 is 16.0 Å². The topological polar surface area (TPSA) is 103 Å². The van der Waals surface area contributed by atoms with Crippen LogP contribution in [0.1, 0.15) is 67.2 Å². The number of aliphatic hydroxyl groups excluding tert-OH is 1. The Labute approximate surface area is 235 Å². The number of nitrogens with zero attached hydrogens (tertiary/aromatic N) is 1. The predicted molar refractivity (Wildman–Crippen MR) is 163 cm³/mol. The standard InChI is InChI=1S/C27H40FN3O3.C2H5N.C2H6/c1-6-9-11-21(28)17-25(33)31-24(8-3)26(34)30-22-15-13-20(14-16-22)18-27(4,5)29-19-23(32)12-10-7-2;1-3-2;1-2/h6,9-13,15-17,20,23-24,29,32H,1,7-8,14,18-19H2,2-5H3,(H,30,34)(H,31,33);1H2,2H3;1-2H3/b11-9-,12-10+,21-17-;;/t20?,23-,24?;;/m1../s1. The molecular weight excluding hydrogens is 495 g/mol. The van der Waals surface area contributed by atoms with Crippen LogP contribution in [0.3, 0.4) is 0 Å². The molecule has 1 aliphatic rings. The fraction of sp³-hybridized carbons (Fsp3) is 0.516. The third-order valence-electron chi connectivity index (χ3n) is 5.31. The Bertz CT molecular complexity index is 888. The molecule has 0 saturated heterocycles. The van der Waals surface area contributed by atoms with E-state index in [2.05, 4.69) is 54.2 Å². The molecule has 0 bridgehead atoms. The summed E-state index contributed by atoms with van der Waals surface area (Å²) in [7, 11) is 1.64. The maximum Gasteiger partial charge on any atom is 0.247 e. The first-order valence-corrected chi connectivity index (χ1v) is 13.6. The molecule has 1 rings (SSSR count). The fourth-order valence-corrected chi connectivity index (χ4v) is 3.51. The summed E-state index contributed by atoms with van der Waals surface area (Å²) in [6, 6.07) is -0.775. The summed E-state index contributed by atoms with van der Waals surface area (Å²) in [4.78, 5) is 27.8. The van der Waals surface area contributed by atoms with E-state index >= 15 is 0 Å². The van der Waals surface area contributed by atoms with Gasteiger partial charge in [0.25, 0.3) is 0 Å². The number of β-amino-alcohol motifs (C(OH)–C–C–N with tert-alkyl or cyclic N) is 1. The van der Waals surface area contributed by atoms with Gasteiger partial charge in [0, 0.05) is 30.9 Å². The smallest absolute Gasteiger partial charge is 0.247 e. The number of rotatable bonds is 14. The van der Waals surface area contributed by atoms with Crippen molar-refractivity contribution in [2.75, 3.05) is 13.6 Å². The van der Waals surface area contributed by atoms with Gasteiger partial charge in [-0.1, -0.05) is 70.7 Å². The van der Waals surface area contributed by atoms with E-state index in [0.717, 1.165) is 31.4 Å². The number of aliphatic imine (C=N–C) groups is 1. The highest BCUT2D eigenvalue weighted by Gasteiger charge is 2.24.